The Morgan fingerprint density at radius 3 is 2.52 bits per heavy atom. The fraction of sp³-hybridized carbons (Fsp3) is 0.250. The van der Waals surface area contributed by atoms with Gasteiger partial charge in [-0.1, -0.05) is 51.1 Å². The molecule has 2 aromatic heterocycles. The molecular weight excluding hydrogens is 390 g/mol. The lowest BCUT2D eigenvalue weighted by molar-refractivity contribution is -0.116. The van der Waals surface area contributed by atoms with Crippen LogP contribution in [0.1, 0.15) is 32.0 Å². The zero-order valence-electron chi connectivity index (χ0n) is 18.1. The molecule has 0 fully saturated rings. The molecule has 0 atom stereocenters. The van der Waals surface area contributed by atoms with Crippen LogP contribution >= 0.6 is 0 Å². The summed E-state index contributed by atoms with van der Waals surface area (Å²) in [5, 5.41) is 7.71. The predicted octanol–water partition coefficient (Wildman–Crippen LogP) is 3.83. The van der Waals surface area contributed by atoms with Crippen LogP contribution in [0.2, 0.25) is 0 Å². The average Bonchev–Trinajstić information content (AvgIpc) is 3.14. The SMILES string of the molecule is Cc1ccccc1-n1nc(C(C)(C)C)cc1NC(=O)Cn1c(=O)cnc2ccccc21. The van der Waals surface area contributed by atoms with Crippen molar-refractivity contribution in [2.45, 2.75) is 39.7 Å². The van der Waals surface area contributed by atoms with E-state index in [2.05, 4.69) is 31.1 Å². The van der Waals surface area contributed by atoms with E-state index in [4.69, 9.17) is 5.10 Å². The van der Waals surface area contributed by atoms with E-state index in [0.29, 0.717) is 16.9 Å². The average molecular weight is 415 g/mol. The van der Waals surface area contributed by atoms with Gasteiger partial charge in [0.2, 0.25) is 5.91 Å². The van der Waals surface area contributed by atoms with Crippen LogP contribution in [0.3, 0.4) is 0 Å². The number of nitrogens with one attached hydrogen (secondary N) is 1. The molecule has 0 bridgehead atoms. The van der Waals surface area contributed by atoms with Gasteiger partial charge in [-0.2, -0.15) is 5.10 Å². The molecule has 1 amide bonds. The topological polar surface area (TPSA) is 81.8 Å². The fourth-order valence-electron chi connectivity index (χ4n) is 3.43. The van der Waals surface area contributed by atoms with Gasteiger partial charge in [0.15, 0.2) is 0 Å². The number of carbonyl (C=O) groups is 1. The summed E-state index contributed by atoms with van der Waals surface area (Å²) in [6.07, 6.45) is 1.24. The number of amides is 1. The Kier molecular flexibility index (Phi) is 5.19. The van der Waals surface area contributed by atoms with E-state index in [1.54, 1.807) is 10.7 Å². The zero-order chi connectivity index (χ0) is 22.2. The molecule has 0 spiro atoms. The highest BCUT2D eigenvalue weighted by Crippen LogP contribution is 2.27. The van der Waals surface area contributed by atoms with Crippen LogP contribution in [-0.4, -0.2) is 25.2 Å². The van der Waals surface area contributed by atoms with Gasteiger partial charge in [-0.3, -0.25) is 14.2 Å². The van der Waals surface area contributed by atoms with Crippen molar-refractivity contribution in [2.75, 3.05) is 5.32 Å². The standard InChI is InChI=1S/C24H25N5O2/c1-16-9-5-7-11-18(16)29-21(13-20(27-29)24(2,3)4)26-22(30)15-28-19-12-8-6-10-17(19)25-14-23(28)31/h5-14H,15H2,1-4H3,(H,26,30). The summed E-state index contributed by atoms with van der Waals surface area (Å²) in [4.78, 5) is 29.5. The van der Waals surface area contributed by atoms with Gasteiger partial charge >= 0.3 is 0 Å². The Bertz CT molecular complexity index is 1330. The van der Waals surface area contributed by atoms with Crippen LogP contribution < -0.4 is 10.9 Å². The molecule has 31 heavy (non-hydrogen) atoms. The molecule has 0 aliphatic heterocycles. The lowest BCUT2D eigenvalue weighted by Gasteiger charge is -2.14. The first-order valence-electron chi connectivity index (χ1n) is 10.1. The zero-order valence-corrected chi connectivity index (χ0v) is 18.1. The fourth-order valence-corrected chi connectivity index (χ4v) is 3.43. The second-order valence-corrected chi connectivity index (χ2v) is 8.58. The van der Waals surface area contributed by atoms with Crippen molar-refractivity contribution in [3.05, 3.63) is 82.4 Å². The van der Waals surface area contributed by atoms with Crippen LogP contribution in [0.4, 0.5) is 5.82 Å². The molecule has 0 unspecified atom stereocenters. The largest absolute Gasteiger partial charge is 0.309 e. The highest BCUT2D eigenvalue weighted by Gasteiger charge is 2.22. The molecule has 0 saturated carbocycles. The minimum absolute atomic E-state index is 0.119. The maximum absolute atomic E-state index is 13.0. The van der Waals surface area contributed by atoms with E-state index in [1.165, 1.54) is 10.8 Å². The summed E-state index contributed by atoms with van der Waals surface area (Å²) in [7, 11) is 0. The molecule has 7 nitrogen and oxygen atoms in total. The van der Waals surface area contributed by atoms with Crippen LogP contribution in [0.5, 0.6) is 0 Å². The second-order valence-electron chi connectivity index (χ2n) is 8.58. The van der Waals surface area contributed by atoms with Crippen molar-refractivity contribution >= 4 is 22.8 Å². The highest BCUT2D eigenvalue weighted by molar-refractivity contribution is 5.91. The van der Waals surface area contributed by atoms with Crippen molar-refractivity contribution in [3.8, 4) is 5.69 Å². The van der Waals surface area contributed by atoms with Crippen molar-refractivity contribution in [2.24, 2.45) is 0 Å². The van der Waals surface area contributed by atoms with Gasteiger partial charge in [-0.05, 0) is 30.7 Å². The van der Waals surface area contributed by atoms with Gasteiger partial charge in [0.25, 0.3) is 5.56 Å². The maximum atomic E-state index is 13.0. The third-order valence-corrected chi connectivity index (χ3v) is 5.14. The van der Waals surface area contributed by atoms with Crippen molar-refractivity contribution in [1.29, 1.82) is 0 Å². The summed E-state index contributed by atoms with van der Waals surface area (Å²) in [5.41, 5.74) is 3.56. The van der Waals surface area contributed by atoms with Gasteiger partial charge < -0.3 is 5.32 Å². The molecule has 0 radical (unpaired) electrons. The molecule has 2 aromatic carbocycles. The Balaban J connectivity index is 1.71. The number of rotatable bonds is 4. The minimum atomic E-state index is -0.323. The van der Waals surface area contributed by atoms with Gasteiger partial charge in [-0.15, -0.1) is 0 Å². The Morgan fingerprint density at radius 2 is 1.77 bits per heavy atom. The van der Waals surface area contributed by atoms with E-state index in [-0.39, 0.29) is 23.4 Å². The molecule has 1 N–H and O–H groups in total. The van der Waals surface area contributed by atoms with Crippen LogP contribution in [0, 0.1) is 6.92 Å². The minimum Gasteiger partial charge on any atom is -0.309 e. The molecule has 158 valence electrons. The summed E-state index contributed by atoms with van der Waals surface area (Å²) < 4.78 is 3.18. The van der Waals surface area contributed by atoms with Crippen LogP contribution in [0.15, 0.2) is 65.6 Å². The summed E-state index contributed by atoms with van der Waals surface area (Å²) >= 11 is 0. The second kappa shape index (κ2) is 7.83. The van der Waals surface area contributed by atoms with E-state index in [0.717, 1.165) is 16.9 Å². The first-order chi connectivity index (χ1) is 14.7. The number of carbonyl (C=O) groups excluding carboxylic acids is 1. The lowest BCUT2D eigenvalue weighted by Crippen LogP contribution is -2.28. The number of para-hydroxylation sites is 3. The number of fused-ring (bicyclic) bond motifs is 1. The van der Waals surface area contributed by atoms with Crippen LogP contribution in [0.25, 0.3) is 16.7 Å². The molecule has 0 aliphatic carbocycles. The van der Waals surface area contributed by atoms with E-state index in [1.807, 2.05) is 55.5 Å². The number of hydrogen-bond donors (Lipinski definition) is 1. The number of nitrogens with zero attached hydrogens (tertiary/aromatic N) is 4. The molecule has 0 saturated heterocycles. The smallest absolute Gasteiger partial charge is 0.269 e. The first-order valence-corrected chi connectivity index (χ1v) is 10.1. The summed E-state index contributed by atoms with van der Waals surface area (Å²) in [6, 6.07) is 17.0. The maximum Gasteiger partial charge on any atom is 0.269 e. The van der Waals surface area contributed by atoms with E-state index < -0.39 is 0 Å². The monoisotopic (exact) mass is 415 g/mol. The predicted molar refractivity (Wildman–Crippen MR) is 122 cm³/mol. The normalized spacial score (nSPS) is 11.6. The Morgan fingerprint density at radius 1 is 1.06 bits per heavy atom. The first kappa shape index (κ1) is 20.5. The van der Waals surface area contributed by atoms with Gasteiger partial charge in [0, 0.05) is 11.5 Å². The van der Waals surface area contributed by atoms with Crippen molar-refractivity contribution < 1.29 is 4.79 Å². The summed E-state index contributed by atoms with van der Waals surface area (Å²) in [5.74, 6) is 0.254. The molecule has 4 rings (SSSR count). The number of hydrogen-bond acceptors (Lipinski definition) is 4. The quantitative estimate of drug-likeness (QED) is 0.549. The van der Waals surface area contributed by atoms with Crippen LogP contribution in [-0.2, 0) is 16.8 Å². The molecule has 0 aliphatic rings. The lowest BCUT2D eigenvalue weighted by atomic mass is 9.92. The molecular formula is C24H25N5O2. The highest BCUT2D eigenvalue weighted by atomic mass is 16.2. The number of aromatic nitrogens is 4. The van der Waals surface area contributed by atoms with Gasteiger partial charge in [0.05, 0.1) is 28.6 Å². The number of aryl methyl sites for hydroxylation is 1. The third kappa shape index (κ3) is 4.12. The van der Waals surface area contributed by atoms with Gasteiger partial charge in [-0.25, -0.2) is 9.67 Å². The van der Waals surface area contributed by atoms with Crippen molar-refractivity contribution in [1.82, 2.24) is 19.3 Å². The van der Waals surface area contributed by atoms with Crippen molar-refractivity contribution in [3.63, 3.8) is 0 Å². The van der Waals surface area contributed by atoms with Gasteiger partial charge in [0.1, 0.15) is 12.4 Å². The molecule has 7 heteroatoms. The third-order valence-electron chi connectivity index (χ3n) is 5.14. The number of anilines is 1. The van der Waals surface area contributed by atoms with E-state index >= 15 is 0 Å². The number of benzene rings is 2. The Hall–Kier alpha value is -3.74. The molecule has 4 aromatic rings. The Labute approximate surface area is 180 Å². The van der Waals surface area contributed by atoms with E-state index in [9.17, 15) is 9.59 Å². The molecule has 2 heterocycles. The summed E-state index contributed by atoms with van der Waals surface area (Å²) in [6.45, 7) is 8.11.